The lowest BCUT2D eigenvalue weighted by Crippen LogP contribution is -2.31. The standard InChI is InChI=1S/C20H20N4O3/c21-18(25)14-8-4-9-15-17(14)23-19(22-15)16-10-5-11-24(16)20(26)27-12-13-6-2-1-3-7-13/h1-4,6-9,16H,5,10-12H2,(H2,21,25)(H,22,23)/t16-/m1/s1. The second kappa shape index (κ2) is 7.11. The molecule has 0 spiro atoms. The highest BCUT2D eigenvalue weighted by molar-refractivity contribution is 6.04. The van der Waals surface area contributed by atoms with E-state index >= 15 is 0 Å². The van der Waals surface area contributed by atoms with Crippen molar-refractivity contribution in [3.05, 3.63) is 65.5 Å². The summed E-state index contributed by atoms with van der Waals surface area (Å²) in [6.07, 6.45) is 1.29. The Morgan fingerprint density at radius 1 is 1.19 bits per heavy atom. The Morgan fingerprint density at radius 2 is 2.00 bits per heavy atom. The van der Waals surface area contributed by atoms with Gasteiger partial charge in [-0.1, -0.05) is 36.4 Å². The molecule has 7 nitrogen and oxygen atoms in total. The summed E-state index contributed by atoms with van der Waals surface area (Å²) in [6.45, 7) is 0.840. The van der Waals surface area contributed by atoms with Crippen molar-refractivity contribution >= 4 is 23.0 Å². The molecular formula is C20H20N4O3. The fourth-order valence-electron chi connectivity index (χ4n) is 3.48. The summed E-state index contributed by atoms with van der Waals surface area (Å²) in [5, 5.41) is 0. The van der Waals surface area contributed by atoms with Crippen LogP contribution in [-0.2, 0) is 11.3 Å². The van der Waals surface area contributed by atoms with E-state index in [0.717, 1.165) is 23.9 Å². The Morgan fingerprint density at radius 3 is 2.78 bits per heavy atom. The number of carbonyl (C=O) groups excluding carboxylic acids is 2. The first-order valence-electron chi connectivity index (χ1n) is 8.89. The molecule has 0 unspecified atom stereocenters. The Balaban J connectivity index is 1.54. The molecule has 1 aliphatic heterocycles. The molecule has 0 saturated carbocycles. The van der Waals surface area contributed by atoms with Crippen LogP contribution in [0.25, 0.3) is 11.0 Å². The Labute approximate surface area is 156 Å². The van der Waals surface area contributed by atoms with Crippen molar-refractivity contribution in [1.82, 2.24) is 14.9 Å². The van der Waals surface area contributed by atoms with Crippen molar-refractivity contribution in [2.75, 3.05) is 6.54 Å². The van der Waals surface area contributed by atoms with Gasteiger partial charge in [-0.05, 0) is 30.5 Å². The number of rotatable bonds is 4. The van der Waals surface area contributed by atoms with Crippen LogP contribution in [0.3, 0.4) is 0 Å². The van der Waals surface area contributed by atoms with E-state index in [-0.39, 0.29) is 18.7 Å². The van der Waals surface area contributed by atoms with Gasteiger partial charge < -0.3 is 15.5 Å². The highest BCUT2D eigenvalue weighted by atomic mass is 16.6. The summed E-state index contributed by atoms with van der Waals surface area (Å²) in [4.78, 5) is 33.7. The molecule has 0 aliphatic carbocycles. The molecule has 27 heavy (non-hydrogen) atoms. The third-order valence-electron chi connectivity index (χ3n) is 4.80. The number of hydrogen-bond acceptors (Lipinski definition) is 4. The van der Waals surface area contributed by atoms with E-state index in [1.165, 1.54) is 0 Å². The number of fused-ring (bicyclic) bond motifs is 1. The van der Waals surface area contributed by atoms with Gasteiger partial charge in [-0.2, -0.15) is 0 Å². The topological polar surface area (TPSA) is 101 Å². The predicted octanol–water partition coefficient (Wildman–Crippen LogP) is 3.14. The zero-order valence-electron chi connectivity index (χ0n) is 14.7. The first-order valence-corrected chi connectivity index (χ1v) is 8.89. The molecular weight excluding hydrogens is 344 g/mol. The lowest BCUT2D eigenvalue weighted by Gasteiger charge is -2.22. The molecule has 1 aromatic heterocycles. The van der Waals surface area contributed by atoms with E-state index < -0.39 is 5.91 Å². The summed E-state index contributed by atoms with van der Waals surface area (Å²) < 4.78 is 5.47. The average Bonchev–Trinajstić information content (AvgIpc) is 3.33. The SMILES string of the molecule is NC(=O)c1cccc2[nH]c([C@H]3CCCN3C(=O)OCc3ccccc3)nc12. The molecule has 138 valence electrons. The number of amides is 2. The molecule has 4 rings (SSSR count). The number of nitrogens with two attached hydrogens (primary N) is 1. The van der Waals surface area contributed by atoms with Crippen LogP contribution in [0.4, 0.5) is 4.79 Å². The normalized spacial score (nSPS) is 16.6. The molecule has 3 aromatic rings. The number of hydrogen-bond donors (Lipinski definition) is 2. The molecule has 0 radical (unpaired) electrons. The number of ether oxygens (including phenoxy) is 1. The van der Waals surface area contributed by atoms with Crippen molar-refractivity contribution in [1.29, 1.82) is 0 Å². The number of aromatic nitrogens is 2. The monoisotopic (exact) mass is 364 g/mol. The average molecular weight is 364 g/mol. The molecule has 2 aromatic carbocycles. The molecule has 1 saturated heterocycles. The van der Waals surface area contributed by atoms with E-state index in [2.05, 4.69) is 9.97 Å². The maximum Gasteiger partial charge on any atom is 0.410 e. The summed E-state index contributed by atoms with van der Waals surface area (Å²) in [7, 11) is 0. The smallest absolute Gasteiger partial charge is 0.410 e. The molecule has 7 heteroatoms. The fourth-order valence-corrected chi connectivity index (χ4v) is 3.48. The van der Waals surface area contributed by atoms with Crippen LogP contribution in [-0.4, -0.2) is 33.4 Å². The van der Waals surface area contributed by atoms with Gasteiger partial charge >= 0.3 is 6.09 Å². The number of para-hydroxylation sites is 1. The van der Waals surface area contributed by atoms with Crippen molar-refractivity contribution < 1.29 is 14.3 Å². The number of likely N-dealkylation sites (tertiary alicyclic amines) is 1. The lowest BCUT2D eigenvalue weighted by molar-refractivity contribution is 0.0909. The van der Waals surface area contributed by atoms with Gasteiger partial charge in [0.25, 0.3) is 5.91 Å². The number of nitrogens with one attached hydrogen (secondary N) is 1. The minimum absolute atomic E-state index is 0.207. The Kier molecular flexibility index (Phi) is 4.50. The van der Waals surface area contributed by atoms with Gasteiger partial charge in [0.05, 0.1) is 17.1 Å². The number of H-pyrrole nitrogens is 1. The summed E-state index contributed by atoms with van der Waals surface area (Å²) in [5.41, 5.74) is 8.00. The predicted molar refractivity (Wildman–Crippen MR) is 99.9 cm³/mol. The largest absolute Gasteiger partial charge is 0.445 e. The molecule has 1 aliphatic rings. The van der Waals surface area contributed by atoms with Gasteiger partial charge in [0.2, 0.25) is 0 Å². The van der Waals surface area contributed by atoms with Gasteiger partial charge in [-0.15, -0.1) is 0 Å². The van der Waals surface area contributed by atoms with Crippen molar-refractivity contribution in [3.63, 3.8) is 0 Å². The first kappa shape index (κ1) is 17.1. The quantitative estimate of drug-likeness (QED) is 0.742. The van der Waals surface area contributed by atoms with E-state index in [1.807, 2.05) is 36.4 Å². The number of nitrogens with zero attached hydrogens (tertiary/aromatic N) is 2. The Hall–Kier alpha value is -3.35. The van der Waals surface area contributed by atoms with Crippen molar-refractivity contribution in [3.8, 4) is 0 Å². The number of carbonyl (C=O) groups is 2. The van der Waals surface area contributed by atoms with Gasteiger partial charge in [0, 0.05) is 6.54 Å². The molecule has 0 bridgehead atoms. The van der Waals surface area contributed by atoms with E-state index in [1.54, 1.807) is 17.0 Å². The van der Waals surface area contributed by atoms with Gasteiger partial charge in [0.15, 0.2) is 0 Å². The van der Waals surface area contributed by atoms with E-state index in [9.17, 15) is 9.59 Å². The zero-order chi connectivity index (χ0) is 18.8. The molecule has 1 atom stereocenters. The van der Waals surface area contributed by atoms with Crippen LogP contribution in [0.5, 0.6) is 0 Å². The van der Waals surface area contributed by atoms with Crippen molar-refractivity contribution in [2.45, 2.75) is 25.5 Å². The highest BCUT2D eigenvalue weighted by Crippen LogP contribution is 2.32. The molecule has 3 N–H and O–H groups in total. The van der Waals surface area contributed by atoms with Crippen LogP contribution < -0.4 is 5.73 Å². The summed E-state index contributed by atoms with van der Waals surface area (Å²) >= 11 is 0. The zero-order valence-corrected chi connectivity index (χ0v) is 14.7. The Bertz CT molecular complexity index is 983. The molecule has 2 heterocycles. The third kappa shape index (κ3) is 3.36. The van der Waals surface area contributed by atoms with Gasteiger partial charge in [0.1, 0.15) is 17.9 Å². The number of aromatic amines is 1. The fraction of sp³-hybridized carbons (Fsp3) is 0.250. The second-order valence-corrected chi connectivity index (χ2v) is 6.58. The van der Waals surface area contributed by atoms with Gasteiger partial charge in [-0.25, -0.2) is 9.78 Å². The van der Waals surface area contributed by atoms with Crippen LogP contribution in [0.15, 0.2) is 48.5 Å². The van der Waals surface area contributed by atoms with Crippen LogP contribution >= 0.6 is 0 Å². The van der Waals surface area contributed by atoms with E-state index in [4.69, 9.17) is 10.5 Å². The molecule has 1 fully saturated rings. The number of benzene rings is 2. The summed E-state index contributed by atoms with van der Waals surface area (Å²) in [5.74, 6) is 0.122. The summed E-state index contributed by atoms with van der Waals surface area (Å²) in [6, 6.07) is 14.6. The van der Waals surface area contributed by atoms with E-state index in [0.29, 0.717) is 23.4 Å². The van der Waals surface area contributed by atoms with Gasteiger partial charge in [-0.3, -0.25) is 9.69 Å². The number of primary amides is 1. The van der Waals surface area contributed by atoms with Crippen LogP contribution in [0.2, 0.25) is 0 Å². The second-order valence-electron chi connectivity index (χ2n) is 6.58. The number of imidazole rings is 1. The van der Waals surface area contributed by atoms with Crippen LogP contribution in [0, 0.1) is 0 Å². The maximum absolute atomic E-state index is 12.6. The minimum atomic E-state index is -0.524. The lowest BCUT2D eigenvalue weighted by atomic mass is 10.2. The van der Waals surface area contributed by atoms with Crippen molar-refractivity contribution in [2.24, 2.45) is 5.73 Å². The van der Waals surface area contributed by atoms with Crippen LogP contribution in [0.1, 0.15) is 40.6 Å². The first-order chi connectivity index (χ1) is 13.1. The minimum Gasteiger partial charge on any atom is -0.445 e. The highest BCUT2D eigenvalue weighted by Gasteiger charge is 2.33. The third-order valence-corrected chi connectivity index (χ3v) is 4.80. The molecule has 2 amide bonds. The maximum atomic E-state index is 12.6.